The monoisotopic (exact) mass is 390 g/mol. The van der Waals surface area contributed by atoms with Gasteiger partial charge in [-0.25, -0.2) is 4.39 Å². The Morgan fingerprint density at radius 1 is 1.14 bits per heavy atom. The lowest BCUT2D eigenvalue weighted by molar-refractivity contribution is -0.133. The summed E-state index contributed by atoms with van der Waals surface area (Å²) in [7, 11) is 1.69. The van der Waals surface area contributed by atoms with Crippen LogP contribution in [0.3, 0.4) is 0 Å². The maximum Gasteiger partial charge on any atom is 0.222 e. The van der Waals surface area contributed by atoms with E-state index in [2.05, 4.69) is 0 Å². The maximum absolute atomic E-state index is 13.8. The van der Waals surface area contributed by atoms with E-state index in [1.54, 1.807) is 13.2 Å². The highest BCUT2D eigenvalue weighted by atomic mass is 19.1. The Bertz CT molecular complexity index is 696. The van der Waals surface area contributed by atoms with Gasteiger partial charge in [0.15, 0.2) is 0 Å². The van der Waals surface area contributed by atoms with Crippen LogP contribution in [0.25, 0.3) is 0 Å². The predicted octanol–water partition coefficient (Wildman–Crippen LogP) is 3.40. The molecule has 0 saturated carbocycles. The summed E-state index contributed by atoms with van der Waals surface area (Å²) in [4.78, 5) is 29.0. The molecule has 2 heterocycles. The highest BCUT2D eigenvalue weighted by Gasteiger charge is 2.49. The lowest BCUT2D eigenvalue weighted by atomic mass is 9.89. The molecule has 2 amide bonds. The van der Waals surface area contributed by atoms with Gasteiger partial charge in [0.25, 0.3) is 0 Å². The van der Waals surface area contributed by atoms with E-state index < -0.39 is 0 Å². The van der Waals surface area contributed by atoms with Crippen LogP contribution < -0.4 is 0 Å². The Hall–Kier alpha value is -1.95. The van der Waals surface area contributed by atoms with Crippen molar-refractivity contribution in [3.63, 3.8) is 0 Å². The number of ether oxygens (including phenoxy) is 1. The molecule has 5 nitrogen and oxygen atoms in total. The zero-order valence-electron chi connectivity index (χ0n) is 16.9. The summed E-state index contributed by atoms with van der Waals surface area (Å²) in [6.45, 7) is 4.59. The Morgan fingerprint density at radius 2 is 1.96 bits per heavy atom. The molecule has 2 saturated heterocycles. The van der Waals surface area contributed by atoms with Gasteiger partial charge in [-0.05, 0) is 30.5 Å². The van der Waals surface area contributed by atoms with Crippen LogP contribution >= 0.6 is 0 Å². The summed E-state index contributed by atoms with van der Waals surface area (Å²) in [6.07, 6.45) is 3.85. The number of hydrogen-bond donors (Lipinski definition) is 0. The molecule has 6 heteroatoms. The molecule has 0 bridgehead atoms. The summed E-state index contributed by atoms with van der Waals surface area (Å²) < 4.78 is 18.9. The van der Waals surface area contributed by atoms with Crippen molar-refractivity contribution < 1.29 is 18.7 Å². The third kappa shape index (κ3) is 4.54. The smallest absolute Gasteiger partial charge is 0.222 e. The molecule has 1 aromatic rings. The minimum absolute atomic E-state index is 0.0969. The normalized spacial score (nSPS) is 23.9. The largest absolute Gasteiger partial charge is 0.385 e. The van der Waals surface area contributed by atoms with Crippen LogP contribution in [-0.2, 0) is 14.3 Å². The third-order valence-corrected chi connectivity index (χ3v) is 6.07. The summed E-state index contributed by atoms with van der Waals surface area (Å²) in [5.41, 5.74) is 0.836. The second-order valence-electron chi connectivity index (χ2n) is 7.93. The number of carbonyl (C=O) groups is 2. The number of benzene rings is 1. The van der Waals surface area contributed by atoms with Gasteiger partial charge in [0.05, 0.1) is 6.04 Å². The van der Waals surface area contributed by atoms with Crippen molar-refractivity contribution in [2.24, 2.45) is 11.8 Å². The van der Waals surface area contributed by atoms with E-state index >= 15 is 0 Å². The summed E-state index contributed by atoms with van der Waals surface area (Å²) in [5.74, 6) is 0.445. The predicted molar refractivity (Wildman–Crippen MR) is 105 cm³/mol. The lowest BCUT2D eigenvalue weighted by Crippen LogP contribution is -2.37. The lowest BCUT2D eigenvalue weighted by Gasteiger charge is -2.30. The van der Waals surface area contributed by atoms with Gasteiger partial charge >= 0.3 is 0 Å². The zero-order chi connectivity index (χ0) is 20.1. The van der Waals surface area contributed by atoms with Crippen LogP contribution in [0.5, 0.6) is 0 Å². The van der Waals surface area contributed by atoms with Crippen LogP contribution in [-0.4, -0.2) is 55.0 Å². The number of rotatable bonds is 8. The quantitative estimate of drug-likeness (QED) is 0.639. The fraction of sp³-hybridized carbons (Fsp3) is 0.636. The van der Waals surface area contributed by atoms with Gasteiger partial charge in [-0.1, -0.05) is 25.5 Å². The van der Waals surface area contributed by atoms with Crippen molar-refractivity contribution in [1.82, 2.24) is 9.80 Å². The molecule has 3 atom stereocenters. The molecule has 3 rings (SSSR count). The highest BCUT2D eigenvalue weighted by Crippen LogP contribution is 2.45. The first-order chi connectivity index (χ1) is 13.5. The first kappa shape index (κ1) is 20.8. The van der Waals surface area contributed by atoms with Gasteiger partial charge in [0.2, 0.25) is 11.8 Å². The second kappa shape index (κ2) is 9.50. The standard InChI is InChI=1S/C22H31FN2O3/c1-3-20(26)25-14-17-13-24(21(27)10-5-4-6-11-28-2)15-19(17)22(25)16-8-7-9-18(23)12-16/h7-9,12,17,19,22H,3-6,10-11,13-15H2,1-2H3/t17-,19-,22+/m0/s1. The van der Waals surface area contributed by atoms with Crippen LogP contribution in [0, 0.1) is 17.7 Å². The minimum Gasteiger partial charge on any atom is -0.385 e. The Kier molecular flexibility index (Phi) is 7.05. The number of methoxy groups -OCH3 is 1. The first-order valence-corrected chi connectivity index (χ1v) is 10.4. The number of fused-ring (bicyclic) bond motifs is 1. The van der Waals surface area contributed by atoms with Crippen molar-refractivity contribution in [3.8, 4) is 0 Å². The summed E-state index contributed by atoms with van der Waals surface area (Å²) in [5, 5.41) is 0. The molecule has 0 radical (unpaired) electrons. The van der Waals surface area contributed by atoms with Gasteiger partial charge in [0.1, 0.15) is 5.82 Å². The Morgan fingerprint density at radius 3 is 2.68 bits per heavy atom. The highest BCUT2D eigenvalue weighted by molar-refractivity contribution is 5.78. The number of hydrogen-bond acceptors (Lipinski definition) is 3. The molecular weight excluding hydrogens is 359 g/mol. The SMILES string of the molecule is CCC(=O)N1C[C@@H]2CN(C(=O)CCCCCOC)C[C@@H]2[C@H]1c1cccc(F)c1. The minimum atomic E-state index is -0.285. The van der Waals surface area contributed by atoms with Crippen molar-refractivity contribution >= 4 is 11.8 Å². The average molecular weight is 390 g/mol. The van der Waals surface area contributed by atoms with Crippen LogP contribution in [0.1, 0.15) is 50.6 Å². The molecule has 0 aliphatic carbocycles. The molecule has 0 N–H and O–H groups in total. The maximum atomic E-state index is 13.8. The molecule has 0 aromatic heterocycles. The number of halogens is 1. The fourth-order valence-corrected chi connectivity index (χ4v) is 4.68. The number of likely N-dealkylation sites (tertiary alicyclic amines) is 2. The van der Waals surface area contributed by atoms with Gasteiger partial charge < -0.3 is 14.5 Å². The summed E-state index contributed by atoms with van der Waals surface area (Å²) in [6, 6.07) is 6.41. The fourth-order valence-electron chi connectivity index (χ4n) is 4.68. The van der Waals surface area contributed by atoms with E-state index in [9.17, 15) is 14.0 Å². The van der Waals surface area contributed by atoms with E-state index in [4.69, 9.17) is 4.74 Å². The molecular formula is C22H31FN2O3. The van der Waals surface area contributed by atoms with Crippen LogP contribution in [0.15, 0.2) is 24.3 Å². The van der Waals surface area contributed by atoms with Crippen molar-refractivity contribution in [2.75, 3.05) is 33.4 Å². The van der Waals surface area contributed by atoms with Gasteiger partial charge in [-0.2, -0.15) is 0 Å². The molecule has 2 fully saturated rings. The molecule has 2 aliphatic heterocycles. The topological polar surface area (TPSA) is 49.9 Å². The Balaban J connectivity index is 1.66. The van der Waals surface area contributed by atoms with Crippen molar-refractivity contribution in [2.45, 2.75) is 45.1 Å². The van der Waals surface area contributed by atoms with Crippen molar-refractivity contribution in [3.05, 3.63) is 35.6 Å². The van der Waals surface area contributed by atoms with Gasteiger partial charge in [-0.15, -0.1) is 0 Å². The molecule has 1 aromatic carbocycles. The van der Waals surface area contributed by atoms with E-state index in [-0.39, 0.29) is 35.5 Å². The molecule has 154 valence electrons. The van der Waals surface area contributed by atoms with E-state index in [1.165, 1.54) is 12.1 Å². The van der Waals surface area contributed by atoms with Crippen LogP contribution in [0.2, 0.25) is 0 Å². The first-order valence-electron chi connectivity index (χ1n) is 10.4. The third-order valence-electron chi connectivity index (χ3n) is 6.07. The molecule has 0 spiro atoms. The number of nitrogens with zero attached hydrogens (tertiary/aromatic N) is 2. The van der Waals surface area contributed by atoms with Crippen LogP contribution in [0.4, 0.5) is 4.39 Å². The zero-order valence-corrected chi connectivity index (χ0v) is 16.9. The summed E-state index contributed by atoms with van der Waals surface area (Å²) >= 11 is 0. The molecule has 0 unspecified atom stereocenters. The van der Waals surface area contributed by atoms with Gasteiger partial charge in [-0.3, -0.25) is 9.59 Å². The average Bonchev–Trinajstić information content (AvgIpc) is 3.25. The number of unbranched alkanes of at least 4 members (excludes halogenated alkanes) is 2. The second-order valence-corrected chi connectivity index (χ2v) is 7.93. The Labute approximate surface area is 166 Å². The number of carbonyl (C=O) groups excluding carboxylic acids is 2. The van der Waals surface area contributed by atoms with Gasteiger partial charge in [0, 0.05) is 58.0 Å². The van der Waals surface area contributed by atoms with E-state index in [0.29, 0.717) is 32.5 Å². The van der Waals surface area contributed by atoms with E-state index in [1.807, 2.05) is 22.8 Å². The molecule has 28 heavy (non-hydrogen) atoms. The molecule has 2 aliphatic rings. The van der Waals surface area contributed by atoms with E-state index in [0.717, 1.165) is 31.4 Å². The number of amides is 2. The van der Waals surface area contributed by atoms with Crippen molar-refractivity contribution in [1.29, 1.82) is 0 Å².